The molecular formula is C27H27N3O7. The summed E-state index contributed by atoms with van der Waals surface area (Å²) in [5.74, 6) is -6.75. The van der Waals surface area contributed by atoms with Crippen molar-refractivity contribution in [1.29, 1.82) is 0 Å². The lowest BCUT2D eigenvalue weighted by Crippen LogP contribution is -2.65. The summed E-state index contributed by atoms with van der Waals surface area (Å²) in [6.07, 6.45) is 0.232. The highest BCUT2D eigenvalue weighted by Gasteiger charge is 2.64. The maximum absolute atomic E-state index is 13.9. The van der Waals surface area contributed by atoms with E-state index in [0.717, 1.165) is 5.69 Å². The van der Waals surface area contributed by atoms with Crippen LogP contribution in [0.1, 0.15) is 23.2 Å². The number of carbonyl (C=O) groups excluding carboxylic acids is 3. The molecule has 5 rings (SSSR count). The Balaban J connectivity index is 1.75. The van der Waals surface area contributed by atoms with E-state index in [-0.39, 0.29) is 29.7 Å². The number of ketones is 2. The van der Waals surface area contributed by atoms with Crippen LogP contribution in [0.3, 0.4) is 0 Å². The summed E-state index contributed by atoms with van der Waals surface area (Å²) in [7, 11) is 3.12. The maximum atomic E-state index is 13.9. The number of primary amides is 1. The van der Waals surface area contributed by atoms with E-state index in [1.807, 2.05) is 19.1 Å². The number of rotatable bonds is 3. The average Bonchev–Trinajstić information content (AvgIpc) is 2.81. The van der Waals surface area contributed by atoms with E-state index in [1.54, 1.807) is 26.2 Å². The highest BCUT2D eigenvalue weighted by atomic mass is 16.3. The van der Waals surface area contributed by atoms with Gasteiger partial charge < -0.3 is 26.2 Å². The van der Waals surface area contributed by atoms with Gasteiger partial charge in [-0.1, -0.05) is 6.07 Å². The van der Waals surface area contributed by atoms with Gasteiger partial charge >= 0.3 is 0 Å². The summed E-state index contributed by atoms with van der Waals surface area (Å²) < 4.78 is 0. The Kier molecular flexibility index (Phi) is 5.50. The molecule has 3 aliphatic carbocycles. The molecule has 0 saturated heterocycles. The Morgan fingerprint density at radius 1 is 1.14 bits per heavy atom. The number of benzene rings is 1. The minimum atomic E-state index is -2.66. The predicted octanol–water partition coefficient (Wildman–Crippen LogP) is 1.33. The van der Waals surface area contributed by atoms with E-state index < -0.39 is 58.0 Å². The third-order valence-electron chi connectivity index (χ3n) is 7.77. The molecule has 192 valence electrons. The van der Waals surface area contributed by atoms with Crippen molar-refractivity contribution in [2.24, 2.45) is 17.6 Å². The fourth-order valence-corrected chi connectivity index (χ4v) is 6.18. The number of hydrogen-bond acceptors (Lipinski definition) is 9. The van der Waals surface area contributed by atoms with Crippen LogP contribution in [0.25, 0.3) is 17.0 Å². The van der Waals surface area contributed by atoms with Crippen molar-refractivity contribution in [3.63, 3.8) is 0 Å². The molecule has 0 radical (unpaired) electrons. The van der Waals surface area contributed by atoms with Gasteiger partial charge in [-0.3, -0.25) is 24.3 Å². The number of aliphatic hydroxyl groups excluding tert-OH is 2. The monoisotopic (exact) mass is 505 g/mol. The third kappa shape index (κ3) is 3.32. The molecule has 10 heteroatoms. The fourth-order valence-electron chi connectivity index (χ4n) is 6.18. The lowest BCUT2D eigenvalue weighted by atomic mass is 9.57. The zero-order valence-corrected chi connectivity index (χ0v) is 20.5. The second-order valence-electron chi connectivity index (χ2n) is 10.1. The maximum Gasteiger partial charge on any atom is 0.255 e. The van der Waals surface area contributed by atoms with Crippen molar-refractivity contribution in [1.82, 2.24) is 9.88 Å². The molecular weight excluding hydrogens is 478 g/mol. The number of fused-ring (bicyclic) bond motifs is 3. The van der Waals surface area contributed by atoms with E-state index in [1.165, 1.54) is 11.0 Å². The molecule has 2 aromatic rings. The molecule has 0 bridgehead atoms. The lowest BCUT2D eigenvalue weighted by Gasteiger charge is -2.50. The third-order valence-corrected chi connectivity index (χ3v) is 7.77. The normalized spacial score (nSPS) is 27.2. The van der Waals surface area contributed by atoms with Gasteiger partial charge in [0.15, 0.2) is 11.4 Å². The van der Waals surface area contributed by atoms with Gasteiger partial charge in [0, 0.05) is 22.7 Å². The van der Waals surface area contributed by atoms with Crippen molar-refractivity contribution < 1.29 is 34.8 Å². The number of likely N-dealkylation sites (N-methyl/N-ethyl adjacent to an activating group) is 1. The Labute approximate surface area is 212 Å². The molecule has 37 heavy (non-hydrogen) atoms. The van der Waals surface area contributed by atoms with E-state index in [9.17, 15) is 34.8 Å². The summed E-state index contributed by atoms with van der Waals surface area (Å²) in [5.41, 5.74) is 4.34. The zero-order chi connectivity index (χ0) is 27.0. The number of aromatic nitrogens is 1. The number of phenolic OH excluding ortho intramolecular Hbond substituents is 1. The van der Waals surface area contributed by atoms with Crippen LogP contribution in [-0.4, -0.2) is 73.5 Å². The minimum absolute atomic E-state index is 0.0299. The number of Topliss-reactive ketones (excluding diaryl/α,β-unsaturated/α-hetero) is 2. The number of aliphatic hydroxyl groups is 3. The molecule has 10 nitrogen and oxygen atoms in total. The number of hydrogen-bond donors (Lipinski definition) is 5. The highest BCUT2D eigenvalue weighted by Crippen LogP contribution is 2.53. The summed E-state index contributed by atoms with van der Waals surface area (Å²) in [4.78, 5) is 45.1. The Morgan fingerprint density at radius 3 is 2.46 bits per heavy atom. The van der Waals surface area contributed by atoms with Crippen LogP contribution in [0.2, 0.25) is 0 Å². The molecule has 1 unspecified atom stereocenters. The number of nitrogens with zero attached hydrogens (tertiary/aromatic N) is 2. The molecule has 1 aromatic heterocycles. The minimum Gasteiger partial charge on any atom is -0.508 e. The molecule has 3 aliphatic rings. The molecule has 4 atom stereocenters. The Hall–Kier alpha value is -4.02. The summed E-state index contributed by atoms with van der Waals surface area (Å²) >= 11 is 0. The van der Waals surface area contributed by atoms with Crippen LogP contribution in [0.15, 0.2) is 47.2 Å². The summed E-state index contributed by atoms with van der Waals surface area (Å²) in [6.45, 7) is 1.84. The van der Waals surface area contributed by atoms with Crippen molar-refractivity contribution in [2.75, 3.05) is 14.1 Å². The first kappa shape index (κ1) is 24.7. The molecule has 6 N–H and O–H groups in total. The van der Waals surface area contributed by atoms with E-state index in [2.05, 4.69) is 4.98 Å². The van der Waals surface area contributed by atoms with Gasteiger partial charge in [-0.05, 0) is 69.6 Å². The van der Waals surface area contributed by atoms with Crippen molar-refractivity contribution in [3.8, 4) is 17.0 Å². The van der Waals surface area contributed by atoms with Gasteiger partial charge in [-0.2, -0.15) is 0 Å². The first-order valence-corrected chi connectivity index (χ1v) is 11.8. The molecule has 1 saturated carbocycles. The van der Waals surface area contributed by atoms with Gasteiger partial charge in [0.25, 0.3) is 5.91 Å². The van der Waals surface area contributed by atoms with Crippen LogP contribution in [-0.2, 0) is 20.8 Å². The van der Waals surface area contributed by atoms with Crippen LogP contribution in [0.5, 0.6) is 5.75 Å². The number of amides is 1. The Morgan fingerprint density at radius 2 is 1.84 bits per heavy atom. The molecule has 1 aromatic carbocycles. The quantitative estimate of drug-likeness (QED) is 0.386. The summed E-state index contributed by atoms with van der Waals surface area (Å²) in [5, 5.41) is 44.6. The van der Waals surface area contributed by atoms with E-state index in [4.69, 9.17) is 5.73 Å². The fraction of sp³-hybridized carbons (Fsp3) is 0.333. The topological polar surface area (TPSA) is 174 Å². The second kappa shape index (κ2) is 8.25. The number of aryl methyl sites for hydroxylation is 1. The number of pyridine rings is 1. The Bertz CT molecular complexity index is 1460. The van der Waals surface area contributed by atoms with Gasteiger partial charge in [-0.25, -0.2) is 0 Å². The van der Waals surface area contributed by atoms with E-state index >= 15 is 0 Å². The van der Waals surface area contributed by atoms with E-state index in [0.29, 0.717) is 16.8 Å². The standard InChI is InChI=1S/C27H27N3O7/c1-11-5-4-6-16(29-11)13-7-8-17(31)19-14(13)9-12-10-15-21(30(2)3)23(33)20(26(28)36)25(35)27(15,37)24(34)18(12)22(19)32/h4-8,12,15,21,31-32,35,37H,9-10H2,1-3H3,(H2,28,36)/t12-,15-,21?,27-/m0/s1. The first-order valence-electron chi connectivity index (χ1n) is 11.8. The molecule has 1 amide bonds. The molecule has 1 fully saturated rings. The highest BCUT2D eigenvalue weighted by molar-refractivity contribution is 6.24. The van der Waals surface area contributed by atoms with Crippen LogP contribution >= 0.6 is 0 Å². The average molecular weight is 506 g/mol. The van der Waals surface area contributed by atoms with Crippen molar-refractivity contribution in [3.05, 3.63) is 64.1 Å². The first-order chi connectivity index (χ1) is 17.4. The van der Waals surface area contributed by atoms with Gasteiger partial charge in [0.05, 0.1) is 17.3 Å². The van der Waals surface area contributed by atoms with Crippen LogP contribution in [0.4, 0.5) is 0 Å². The number of nitrogens with two attached hydrogens (primary N) is 1. The zero-order valence-electron chi connectivity index (χ0n) is 20.5. The predicted molar refractivity (Wildman–Crippen MR) is 132 cm³/mol. The SMILES string of the molecule is Cc1cccc(-c2ccc(O)c3c2C[C@H]2C[C@H]4C(N(C)C)C(=O)C(C(N)=O)=C(O)[C@@]4(O)C(=O)C2=C3O)n1. The molecule has 1 heterocycles. The summed E-state index contributed by atoms with van der Waals surface area (Å²) in [6, 6.07) is 7.44. The number of phenols is 1. The lowest BCUT2D eigenvalue weighted by molar-refractivity contribution is -0.153. The molecule has 0 spiro atoms. The van der Waals surface area contributed by atoms with Crippen molar-refractivity contribution in [2.45, 2.75) is 31.4 Å². The molecule has 0 aliphatic heterocycles. The van der Waals surface area contributed by atoms with Crippen molar-refractivity contribution >= 4 is 23.2 Å². The number of carbonyl (C=O) groups is 3. The van der Waals surface area contributed by atoms with Gasteiger partial charge in [0.2, 0.25) is 5.78 Å². The van der Waals surface area contributed by atoms with Gasteiger partial charge in [-0.15, -0.1) is 0 Å². The van der Waals surface area contributed by atoms with Gasteiger partial charge in [0.1, 0.15) is 22.8 Å². The number of aromatic hydroxyl groups is 1. The second-order valence-corrected chi connectivity index (χ2v) is 10.1. The smallest absolute Gasteiger partial charge is 0.255 e. The van der Waals surface area contributed by atoms with Crippen LogP contribution in [0, 0.1) is 18.8 Å². The largest absolute Gasteiger partial charge is 0.508 e. The van der Waals surface area contributed by atoms with Crippen LogP contribution < -0.4 is 5.73 Å².